The van der Waals surface area contributed by atoms with Crippen molar-refractivity contribution in [3.05, 3.63) is 83.8 Å². The van der Waals surface area contributed by atoms with Crippen molar-refractivity contribution < 1.29 is 12.8 Å². The number of aryl methyl sites for hydroxylation is 1. The Morgan fingerprint density at radius 3 is 2.46 bits per heavy atom. The number of nitrogens with zero attached hydrogens (tertiary/aromatic N) is 1. The molecule has 0 fully saturated rings. The third-order valence-corrected chi connectivity index (χ3v) is 5.06. The van der Waals surface area contributed by atoms with Crippen LogP contribution in [0.1, 0.15) is 11.1 Å². The van der Waals surface area contributed by atoms with Crippen LogP contribution in [0.3, 0.4) is 0 Å². The Hall–Kier alpha value is -2.93. The molecule has 0 aliphatic heterocycles. The highest BCUT2D eigenvalue weighted by molar-refractivity contribution is 7.92. The molecule has 0 unspecified atom stereocenters. The van der Waals surface area contributed by atoms with Gasteiger partial charge in [-0.05, 0) is 54.4 Å². The fourth-order valence-electron chi connectivity index (χ4n) is 2.34. The van der Waals surface area contributed by atoms with Crippen LogP contribution in [-0.4, -0.2) is 13.4 Å². The van der Waals surface area contributed by atoms with Crippen LogP contribution in [0.5, 0.6) is 0 Å². The summed E-state index contributed by atoms with van der Waals surface area (Å²) in [6.45, 7) is 2.34. The first-order chi connectivity index (χ1) is 12.4. The molecule has 0 bridgehead atoms. The number of hydrogen-bond donors (Lipinski definition) is 2. The fourth-order valence-corrected chi connectivity index (χ4v) is 3.46. The van der Waals surface area contributed by atoms with Gasteiger partial charge in [0, 0.05) is 6.54 Å². The van der Waals surface area contributed by atoms with Crippen molar-refractivity contribution in [2.45, 2.75) is 18.4 Å². The molecule has 1 aromatic heterocycles. The second kappa shape index (κ2) is 7.53. The average molecular weight is 371 g/mol. The van der Waals surface area contributed by atoms with E-state index in [4.69, 9.17) is 0 Å². The lowest BCUT2D eigenvalue weighted by Crippen LogP contribution is -2.14. The summed E-state index contributed by atoms with van der Waals surface area (Å²) >= 11 is 0. The van der Waals surface area contributed by atoms with Crippen molar-refractivity contribution >= 4 is 21.5 Å². The molecule has 7 heteroatoms. The number of pyridine rings is 1. The molecule has 0 saturated heterocycles. The van der Waals surface area contributed by atoms with Crippen LogP contribution in [0.15, 0.2) is 71.8 Å². The third-order valence-electron chi connectivity index (χ3n) is 3.71. The monoisotopic (exact) mass is 371 g/mol. The van der Waals surface area contributed by atoms with E-state index < -0.39 is 10.0 Å². The van der Waals surface area contributed by atoms with Gasteiger partial charge in [-0.2, -0.15) is 0 Å². The van der Waals surface area contributed by atoms with E-state index >= 15 is 0 Å². The second-order valence-corrected chi connectivity index (χ2v) is 7.52. The molecule has 0 aliphatic rings. The molecule has 0 atom stereocenters. The van der Waals surface area contributed by atoms with Crippen molar-refractivity contribution in [3.63, 3.8) is 0 Å². The van der Waals surface area contributed by atoms with Crippen molar-refractivity contribution in [1.82, 2.24) is 4.98 Å². The van der Waals surface area contributed by atoms with Crippen LogP contribution in [0, 0.1) is 12.7 Å². The van der Waals surface area contributed by atoms with Gasteiger partial charge in [0.05, 0.1) is 16.8 Å². The Balaban J connectivity index is 1.64. The summed E-state index contributed by atoms with van der Waals surface area (Å²) in [5.41, 5.74) is 2.52. The number of halogens is 1. The van der Waals surface area contributed by atoms with Crippen LogP contribution in [-0.2, 0) is 16.6 Å². The van der Waals surface area contributed by atoms with Crippen LogP contribution in [0.25, 0.3) is 0 Å². The summed E-state index contributed by atoms with van der Waals surface area (Å²) in [5.74, 6) is -0.0421. The summed E-state index contributed by atoms with van der Waals surface area (Å²) in [6, 6.07) is 16.2. The smallest absolute Gasteiger partial charge is 0.263 e. The molecule has 2 aromatic carbocycles. The lowest BCUT2D eigenvalue weighted by molar-refractivity contribution is 0.601. The van der Waals surface area contributed by atoms with Crippen LogP contribution < -0.4 is 10.0 Å². The fraction of sp³-hybridized carbons (Fsp3) is 0.105. The molecule has 1 heterocycles. The molecule has 0 amide bonds. The van der Waals surface area contributed by atoms with Gasteiger partial charge >= 0.3 is 0 Å². The molecular weight excluding hydrogens is 353 g/mol. The molecule has 26 heavy (non-hydrogen) atoms. The van der Waals surface area contributed by atoms with Crippen LogP contribution in [0.2, 0.25) is 0 Å². The number of rotatable bonds is 6. The molecule has 0 spiro atoms. The Bertz CT molecular complexity index is 988. The minimum absolute atomic E-state index is 0.192. The van der Waals surface area contributed by atoms with Crippen molar-refractivity contribution in [1.29, 1.82) is 0 Å². The zero-order valence-electron chi connectivity index (χ0n) is 14.1. The molecule has 2 N–H and O–H groups in total. The van der Waals surface area contributed by atoms with E-state index in [1.807, 2.05) is 13.0 Å². The Labute approximate surface area is 152 Å². The predicted octanol–water partition coefficient (Wildman–Crippen LogP) is 3.94. The first-order valence-electron chi connectivity index (χ1n) is 7.96. The van der Waals surface area contributed by atoms with Gasteiger partial charge in [-0.15, -0.1) is 0 Å². The van der Waals surface area contributed by atoms with Crippen LogP contribution in [0.4, 0.5) is 15.9 Å². The molecule has 0 saturated carbocycles. The molecule has 0 radical (unpaired) electrons. The van der Waals surface area contributed by atoms with Crippen LogP contribution >= 0.6 is 0 Å². The van der Waals surface area contributed by atoms with Gasteiger partial charge in [-0.25, -0.2) is 17.8 Å². The van der Waals surface area contributed by atoms with Gasteiger partial charge in [0.25, 0.3) is 10.0 Å². The summed E-state index contributed by atoms with van der Waals surface area (Å²) in [7, 11) is -3.68. The SMILES string of the molecule is Cc1cccc(S(=O)(=O)Nc2ccc(NCc3ccc(F)cc3)cn2)c1. The first-order valence-corrected chi connectivity index (χ1v) is 9.44. The largest absolute Gasteiger partial charge is 0.380 e. The Morgan fingerprint density at radius 1 is 1.04 bits per heavy atom. The molecule has 134 valence electrons. The van der Waals surface area contributed by atoms with E-state index in [1.54, 1.807) is 36.4 Å². The van der Waals surface area contributed by atoms with Gasteiger partial charge < -0.3 is 5.32 Å². The van der Waals surface area contributed by atoms with Gasteiger partial charge in [0.1, 0.15) is 11.6 Å². The summed E-state index contributed by atoms with van der Waals surface area (Å²) in [5, 5.41) is 3.15. The average Bonchev–Trinajstić information content (AvgIpc) is 2.62. The van der Waals surface area contributed by atoms with E-state index in [0.29, 0.717) is 6.54 Å². The highest BCUT2D eigenvalue weighted by atomic mass is 32.2. The van der Waals surface area contributed by atoms with Gasteiger partial charge in [0.15, 0.2) is 0 Å². The molecule has 5 nitrogen and oxygen atoms in total. The number of sulfonamides is 1. The van der Waals surface area contributed by atoms with E-state index in [1.165, 1.54) is 24.4 Å². The normalized spacial score (nSPS) is 11.2. The number of nitrogens with one attached hydrogen (secondary N) is 2. The molecule has 0 aliphatic carbocycles. The Kier molecular flexibility index (Phi) is 5.18. The standard InChI is InChI=1S/C19H18FN3O2S/c1-14-3-2-4-18(11-14)26(24,25)23-19-10-9-17(13-22-19)21-12-15-5-7-16(20)8-6-15/h2-11,13,21H,12H2,1H3,(H,22,23). The van der Waals surface area contributed by atoms with E-state index in [9.17, 15) is 12.8 Å². The molecular formula is C19H18FN3O2S. The second-order valence-electron chi connectivity index (χ2n) is 5.83. The minimum Gasteiger partial charge on any atom is -0.380 e. The third kappa shape index (κ3) is 4.58. The number of aromatic nitrogens is 1. The number of anilines is 2. The topological polar surface area (TPSA) is 71.1 Å². The first kappa shape index (κ1) is 17.9. The maximum atomic E-state index is 12.9. The highest BCUT2D eigenvalue weighted by Crippen LogP contribution is 2.17. The van der Waals surface area contributed by atoms with Crippen molar-refractivity contribution in [2.24, 2.45) is 0 Å². The van der Waals surface area contributed by atoms with Gasteiger partial charge in [-0.3, -0.25) is 4.72 Å². The van der Waals surface area contributed by atoms with E-state index in [2.05, 4.69) is 15.0 Å². The zero-order valence-corrected chi connectivity index (χ0v) is 14.9. The molecule has 3 rings (SSSR count). The Morgan fingerprint density at radius 2 is 1.81 bits per heavy atom. The summed E-state index contributed by atoms with van der Waals surface area (Å²) in [4.78, 5) is 4.32. The van der Waals surface area contributed by atoms with Crippen molar-refractivity contribution in [3.8, 4) is 0 Å². The number of benzene rings is 2. The van der Waals surface area contributed by atoms with E-state index in [-0.39, 0.29) is 16.5 Å². The highest BCUT2D eigenvalue weighted by Gasteiger charge is 2.14. The minimum atomic E-state index is -3.68. The van der Waals surface area contributed by atoms with Crippen molar-refractivity contribution in [2.75, 3.05) is 10.0 Å². The maximum Gasteiger partial charge on any atom is 0.263 e. The maximum absolute atomic E-state index is 12.9. The zero-order chi connectivity index (χ0) is 18.6. The lowest BCUT2D eigenvalue weighted by Gasteiger charge is -2.10. The lowest BCUT2D eigenvalue weighted by atomic mass is 10.2. The number of hydrogen-bond acceptors (Lipinski definition) is 4. The van der Waals surface area contributed by atoms with Gasteiger partial charge in [-0.1, -0.05) is 24.3 Å². The summed E-state index contributed by atoms with van der Waals surface area (Å²) < 4.78 is 40.1. The molecule has 3 aromatic rings. The summed E-state index contributed by atoms with van der Waals surface area (Å²) in [6.07, 6.45) is 1.54. The van der Waals surface area contributed by atoms with E-state index in [0.717, 1.165) is 16.8 Å². The quantitative estimate of drug-likeness (QED) is 0.688. The predicted molar refractivity (Wildman–Crippen MR) is 100.0 cm³/mol. The van der Waals surface area contributed by atoms with Gasteiger partial charge in [0.2, 0.25) is 0 Å².